The normalized spacial score (nSPS) is 24.8. The van der Waals surface area contributed by atoms with Gasteiger partial charge in [-0.1, -0.05) is 29.3 Å². The first-order valence-electron chi connectivity index (χ1n) is 9.19. The van der Waals surface area contributed by atoms with Gasteiger partial charge in [-0.2, -0.15) is 0 Å². The van der Waals surface area contributed by atoms with Gasteiger partial charge in [0.2, 0.25) is 0 Å². The summed E-state index contributed by atoms with van der Waals surface area (Å²) in [5.74, 6) is 1.17. The number of rotatable bonds is 5. The van der Waals surface area contributed by atoms with Crippen molar-refractivity contribution in [2.75, 3.05) is 7.05 Å². The van der Waals surface area contributed by atoms with Gasteiger partial charge in [0.05, 0.1) is 5.02 Å². The molecule has 0 spiro atoms. The summed E-state index contributed by atoms with van der Waals surface area (Å²) < 4.78 is 11.3. The largest absolute Gasteiger partial charge is 0.484 e. The highest BCUT2D eigenvalue weighted by molar-refractivity contribution is 6.42. The van der Waals surface area contributed by atoms with Gasteiger partial charge in [0, 0.05) is 18.1 Å². The van der Waals surface area contributed by atoms with Crippen molar-refractivity contribution in [1.29, 1.82) is 0 Å². The SMILES string of the molecule is CN1C2CCC1CC(NC(=O)c1ccc(COc3cccc(Cl)c3Cl)o1)C2. The van der Waals surface area contributed by atoms with Gasteiger partial charge >= 0.3 is 0 Å². The molecule has 3 heterocycles. The third-order valence-electron chi connectivity index (χ3n) is 5.60. The van der Waals surface area contributed by atoms with Crippen LogP contribution >= 0.6 is 23.2 Å². The Labute approximate surface area is 168 Å². The average Bonchev–Trinajstić information content (AvgIpc) is 3.18. The Kier molecular flexibility index (Phi) is 5.35. The monoisotopic (exact) mass is 408 g/mol. The first kappa shape index (κ1) is 18.7. The lowest BCUT2D eigenvalue weighted by Crippen LogP contribution is -2.48. The molecule has 0 saturated carbocycles. The van der Waals surface area contributed by atoms with Crippen LogP contribution in [0.3, 0.4) is 0 Å². The zero-order valence-corrected chi connectivity index (χ0v) is 16.6. The molecule has 27 heavy (non-hydrogen) atoms. The second kappa shape index (κ2) is 7.74. The van der Waals surface area contributed by atoms with Gasteiger partial charge in [-0.15, -0.1) is 0 Å². The molecule has 1 aromatic carbocycles. The van der Waals surface area contributed by atoms with Crippen molar-refractivity contribution in [3.05, 3.63) is 51.9 Å². The van der Waals surface area contributed by atoms with E-state index in [1.165, 1.54) is 12.8 Å². The summed E-state index contributed by atoms with van der Waals surface area (Å²) in [4.78, 5) is 15.0. The molecule has 1 aromatic heterocycles. The molecule has 144 valence electrons. The summed E-state index contributed by atoms with van der Waals surface area (Å²) in [7, 11) is 2.19. The van der Waals surface area contributed by atoms with Crippen LogP contribution < -0.4 is 10.1 Å². The van der Waals surface area contributed by atoms with Crippen LogP contribution in [0.4, 0.5) is 0 Å². The van der Waals surface area contributed by atoms with Crippen LogP contribution in [-0.2, 0) is 6.61 Å². The van der Waals surface area contributed by atoms with Gasteiger partial charge in [-0.25, -0.2) is 0 Å². The quantitative estimate of drug-likeness (QED) is 0.789. The van der Waals surface area contributed by atoms with Crippen LogP contribution in [0.5, 0.6) is 5.75 Å². The summed E-state index contributed by atoms with van der Waals surface area (Å²) in [5, 5.41) is 3.91. The number of benzene rings is 1. The highest BCUT2D eigenvalue weighted by Crippen LogP contribution is 2.34. The van der Waals surface area contributed by atoms with Crippen LogP contribution in [0, 0.1) is 0 Å². The molecule has 4 rings (SSSR count). The maximum absolute atomic E-state index is 12.5. The molecule has 2 aromatic rings. The Morgan fingerprint density at radius 3 is 2.70 bits per heavy atom. The van der Waals surface area contributed by atoms with Crippen molar-refractivity contribution in [1.82, 2.24) is 10.2 Å². The fraction of sp³-hybridized carbons (Fsp3) is 0.450. The minimum Gasteiger partial charge on any atom is -0.484 e. The summed E-state index contributed by atoms with van der Waals surface area (Å²) in [6.07, 6.45) is 4.45. The number of hydrogen-bond acceptors (Lipinski definition) is 4. The summed E-state index contributed by atoms with van der Waals surface area (Å²) >= 11 is 12.1. The Morgan fingerprint density at radius 2 is 1.96 bits per heavy atom. The van der Waals surface area contributed by atoms with Crippen LogP contribution in [0.15, 0.2) is 34.7 Å². The third kappa shape index (κ3) is 3.96. The molecule has 2 aliphatic rings. The van der Waals surface area contributed by atoms with Crippen molar-refractivity contribution in [2.45, 2.75) is 50.4 Å². The number of nitrogens with one attached hydrogen (secondary N) is 1. The number of nitrogens with zero attached hydrogens (tertiary/aromatic N) is 1. The lowest BCUT2D eigenvalue weighted by Gasteiger charge is -2.36. The molecule has 2 unspecified atom stereocenters. The average molecular weight is 409 g/mol. The van der Waals surface area contributed by atoms with Gasteiger partial charge in [-0.3, -0.25) is 4.79 Å². The van der Waals surface area contributed by atoms with Crippen LogP contribution in [-0.4, -0.2) is 36.0 Å². The summed E-state index contributed by atoms with van der Waals surface area (Å²) in [6.45, 7) is 0.172. The molecule has 1 amide bonds. The van der Waals surface area contributed by atoms with Gasteiger partial charge < -0.3 is 19.4 Å². The zero-order chi connectivity index (χ0) is 19.0. The first-order valence-corrected chi connectivity index (χ1v) is 9.95. The van der Waals surface area contributed by atoms with Gasteiger partial charge in [0.15, 0.2) is 5.76 Å². The maximum Gasteiger partial charge on any atom is 0.287 e. The number of piperidine rings is 1. The molecule has 0 aliphatic carbocycles. The molecule has 1 N–H and O–H groups in total. The smallest absolute Gasteiger partial charge is 0.287 e. The predicted octanol–water partition coefficient (Wildman–Crippen LogP) is 4.52. The van der Waals surface area contributed by atoms with Gasteiger partial charge in [0.1, 0.15) is 23.1 Å². The van der Waals surface area contributed by atoms with E-state index in [0.717, 1.165) is 12.8 Å². The van der Waals surface area contributed by atoms with E-state index in [1.54, 1.807) is 30.3 Å². The van der Waals surface area contributed by atoms with E-state index in [9.17, 15) is 4.79 Å². The molecule has 7 heteroatoms. The van der Waals surface area contributed by atoms with Crippen molar-refractivity contribution >= 4 is 29.1 Å². The highest BCUT2D eigenvalue weighted by atomic mass is 35.5. The predicted molar refractivity (Wildman–Crippen MR) is 105 cm³/mol. The number of fused-ring (bicyclic) bond motifs is 2. The van der Waals surface area contributed by atoms with Crippen molar-refractivity contribution in [2.24, 2.45) is 0 Å². The van der Waals surface area contributed by atoms with Gasteiger partial charge in [0.25, 0.3) is 5.91 Å². The van der Waals surface area contributed by atoms with Crippen molar-refractivity contribution in [3.63, 3.8) is 0 Å². The maximum atomic E-state index is 12.5. The van der Waals surface area contributed by atoms with Crippen LogP contribution in [0.1, 0.15) is 42.0 Å². The molecule has 2 saturated heterocycles. The standard InChI is InChI=1S/C20H22Cl2N2O3/c1-24-13-5-6-14(24)10-12(9-13)23-20(25)18-8-7-15(27-18)11-26-17-4-2-3-16(21)19(17)22/h2-4,7-8,12-14H,5-6,9-11H2,1H3,(H,23,25). The molecule has 2 atom stereocenters. The molecule has 2 aliphatic heterocycles. The number of hydrogen-bond donors (Lipinski definition) is 1. The highest BCUT2D eigenvalue weighted by Gasteiger charge is 2.39. The zero-order valence-electron chi connectivity index (χ0n) is 15.1. The lowest BCUT2D eigenvalue weighted by atomic mass is 9.98. The first-order chi connectivity index (χ1) is 13.0. The minimum atomic E-state index is -0.170. The van der Waals surface area contributed by atoms with E-state index in [-0.39, 0.29) is 18.6 Å². The fourth-order valence-electron chi connectivity index (χ4n) is 4.11. The van der Waals surface area contributed by atoms with Gasteiger partial charge in [-0.05, 0) is 57.0 Å². The number of halogens is 2. The lowest BCUT2D eigenvalue weighted by molar-refractivity contribution is 0.0851. The minimum absolute atomic E-state index is 0.170. The van der Waals surface area contributed by atoms with E-state index < -0.39 is 0 Å². The molecule has 0 radical (unpaired) electrons. The molecular formula is C20H22Cl2N2O3. The van der Waals surface area contributed by atoms with E-state index in [1.807, 2.05) is 0 Å². The number of furan rings is 1. The number of carbonyl (C=O) groups excluding carboxylic acids is 1. The van der Waals surface area contributed by atoms with E-state index >= 15 is 0 Å². The summed E-state index contributed by atoms with van der Waals surface area (Å²) in [6, 6.07) is 9.98. The van der Waals surface area contributed by atoms with Crippen LogP contribution in [0.2, 0.25) is 10.0 Å². The topological polar surface area (TPSA) is 54.7 Å². The second-order valence-electron chi connectivity index (χ2n) is 7.30. The second-order valence-corrected chi connectivity index (χ2v) is 8.08. The van der Waals surface area contributed by atoms with Crippen LogP contribution in [0.25, 0.3) is 0 Å². The Morgan fingerprint density at radius 1 is 1.22 bits per heavy atom. The third-order valence-corrected chi connectivity index (χ3v) is 6.41. The fourth-order valence-corrected chi connectivity index (χ4v) is 4.45. The molecule has 2 fully saturated rings. The Hall–Kier alpha value is -1.69. The van der Waals surface area contributed by atoms with E-state index in [0.29, 0.717) is 39.4 Å². The molecule has 5 nitrogen and oxygen atoms in total. The summed E-state index contributed by atoms with van der Waals surface area (Å²) in [5.41, 5.74) is 0. The Bertz CT molecular complexity index is 824. The van der Waals surface area contributed by atoms with Crippen molar-refractivity contribution < 1.29 is 13.9 Å². The number of ether oxygens (including phenoxy) is 1. The molecular weight excluding hydrogens is 387 g/mol. The van der Waals surface area contributed by atoms with E-state index in [4.69, 9.17) is 32.4 Å². The van der Waals surface area contributed by atoms with E-state index in [2.05, 4.69) is 17.3 Å². The molecule has 2 bridgehead atoms. The number of amides is 1. The Balaban J connectivity index is 1.33. The van der Waals surface area contributed by atoms with Crippen molar-refractivity contribution in [3.8, 4) is 5.75 Å². The number of carbonyl (C=O) groups is 1.